The van der Waals surface area contributed by atoms with Crippen LogP contribution in [0.3, 0.4) is 0 Å². The molecular weight excluding hydrogens is 342 g/mol. The van der Waals surface area contributed by atoms with Crippen molar-refractivity contribution in [2.24, 2.45) is 0 Å². The molecular formula is C18H23NO5S. The normalized spacial score (nSPS) is 12.5. The van der Waals surface area contributed by atoms with Crippen LogP contribution in [0.1, 0.15) is 25.5 Å². The van der Waals surface area contributed by atoms with Gasteiger partial charge in [0.1, 0.15) is 22.1 Å². The molecule has 0 amide bonds. The summed E-state index contributed by atoms with van der Waals surface area (Å²) >= 11 is 0. The molecule has 2 aromatic carbocycles. The Kier molecular flexibility index (Phi) is 6.27. The number of nitrogens with one attached hydrogen (secondary N) is 1. The summed E-state index contributed by atoms with van der Waals surface area (Å²) < 4.78 is 43.9. The standard InChI is InChI=1S/C18H23NO5S/c1-5-24-15-8-6-14(7-9-15)13(2)19-25(20,21)18-12-16(22-3)10-11-17(18)23-4/h6-13,19H,5H2,1-4H3. The van der Waals surface area contributed by atoms with E-state index in [4.69, 9.17) is 14.2 Å². The van der Waals surface area contributed by atoms with Gasteiger partial charge in [-0.2, -0.15) is 0 Å². The third-order valence-corrected chi connectivity index (χ3v) is 5.25. The first kappa shape index (κ1) is 19.1. The molecule has 1 unspecified atom stereocenters. The van der Waals surface area contributed by atoms with E-state index >= 15 is 0 Å². The van der Waals surface area contributed by atoms with Crippen LogP contribution < -0.4 is 18.9 Å². The molecule has 6 nitrogen and oxygen atoms in total. The lowest BCUT2D eigenvalue weighted by Crippen LogP contribution is -2.27. The number of methoxy groups -OCH3 is 2. The predicted molar refractivity (Wildman–Crippen MR) is 95.9 cm³/mol. The number of hydrogen-bond donors (Lipinski definition) is 1. The predicted octanol–water partition coefficient (Wildman–Crippen LogP) is 3.14. The summed E-state index contributed by atoms with van der Waals surface area (Å²) in [4.78, 5) is 0.0344. The number of ether oxygens (including phenoxy) is 3. The lowest BCUT2D eigenvalue weighted by Gasteiger charge is -2.17. The van der Waals surface area contributed by atoms with Gasteiger partial charge < -0.3 is 14.2 Å². The van der Waals surface area contributed by atoms with E-state index in [2.05, 4.69) is 4.72 Å². The Morgan fingerprint density at radius 3 is 2.20 bits per heavy atom. The molecule has 136 valence electrons. The second-order valence-corrected chi connectivity index (χ2v) is 7.04. The van der Waals surface area contributed by atoms with Gasteiger partial charge >= 0.3 is 0 Å². The van der Waals surface area contributed by atoms with Crippen LogP contribution >= 0.6 is 0 Å². The van der Waals surface area contributed by atoms with E-state index in [1.165, 1.54) is 20.3 Å². The molecule has 1 atom stereocenters. The molecule has 7 heteroatoms. The zero-order valence-electron chi connectivity index (χ0n) is 14.8. The second kappa shape index (κ2) is 8.22. The van der Waals surface area contributed by atoms with Gasteiger partial charge in [0.15, 0.2) is 0 Å². The molecule has 0 radical (unpaired) electrons. The Labute approximate surface area is 148 Å². The molecule has 0 spiro atoms. The van der Waals surface area contributed by atoms with Gasteiger partial charge in [0.2, 0.25) is 10.0 Å². The minimum Gasteiger partial charge on any atom is -0.497 e. The van der Waals surface area contributed by atoms with Crippen LogP contribution in [0, 0.1) is 0 Å². The van der Waals surface area contributed by atoms with Gasteiger partial charge in [-0.25, -0.2) is 13.1 Å². The monoisotopic (exact) mass is 365 g/mol. The first-order chi connectivity index (χ1) is 11.9. The van der Waals surface area contributed by atoms with Crippen molar-refractivity contribution in [3.8, 4) is 17.2 Å². The largest absolute Gasteiger partial charge is 0.497 e. The molecule has 25 heavy (non-hydrogen) atoms. The molecule has 2 aromatic rings. The van der Waals surface area contributed by atoms with E-state index < -0.39 is 16.1 Å². The van der Waals surface area contributed by atoms with E-state index in [0.29, 0.717) is 12.4 Å². The molecule has 0 aromatic heterocycles. The number of benzene rings is 2. The van der Waals surface area contributed by atoms with Gasteiger partial charge in [-0.15, -0.1) is 0 Å². The van der Waals surface area contributed by atoms with E-state index in [9.17, 15) is 8.42 Å². The molecule has 2 rings (SSSR count). The zero-order valence-corrected chi connectivity index (χ0v) is 15.6. The van der Waals surface area contributed by atoms with Gasteiger partial charge in [0.25, 0.3) is 0 Å². The van der Waals surface area contributed by atoms with E-state index in [-0.39, 0.29) is 10.6 Å². The van der Waals surface area contributed by atoms with Gasteiger partial charge in [-0.1, -0.05) is 12.1 Å². The van der Waals surface area contributed by atoms with Gasteiger partial charge in [-0.05, 0) is 43.7 Å². The van der Waals surface area contributed by atoms with Gasteiger partial charge in [-0.3, -0.25) is 0 Å². The Bertz CT molecular complexity index is 803. The molecule has 0 aliphatic heterocycles. The van der Waals surface area contributed by atoms with Crippen molar-refractivity contribution in [1.29, 1.82) is 0 Å². The van der Waals surface area contributed by atoms with Crippen LogP contribution in [0.5, 0.6) is 17.2 Å². The maximum Gasteiger partial charge on any atom is 0.244 e. The third-order valence-electron chi connectivity index (χ3n) is 3.68. The number of hydrogen-bond acceptors (Lipinski definition) is 5. The summed E-state index contributed by atoms with van der Waals surface area (Å²) in [6.07, 6.45) is 0. The Morgan fingerprint density at radius 1 is 1.00 bits per heavy atom. The average Bonchev–Trinajstić information content (AvgIpc) is 2.61. The summed E-state index contributed by atoms with van der Waals surface area (Å²) in [6.45, 7) is 4.27. The highest BCUT2D eigenvalue weighted by Crippen LogP contribution is 2.29. The maximum absolute atomic E-state index is 12.8. The van der Waals surface area contributed by atoms with Crippen LogP contribution in [0.15, 0.2) is 47.4 Å². The molecule has 0 bridgehead atoms. The van der Waals surface area contributed by atoms with Crippen LogP contribution in [0.25, 0.3) is 0 Å². The van der Waals surface area contributed by atoms with Crippen LogP contribution in [-0.2, 0) is 10.0 Å². The fourth-order valence-corrected chi connectivity index (χ4v) is 3.79. The summed E-state index contributed by atoms with van der Waals surface area (Å²) in [7, 11) is -0.882. The third kappa shape index (κ3) is 4.64. The number of rotatable bonds is 8. The van der Waals surface area contributed by atoms with Gasteiger partial charge in [0.05, 0.1) is 20.8 Å². The van der Waals surface area contributed by atoms with Gasteiger partial charge in [0, 0.05) is 12.1 Å². The molecule has 0 fully saturated rings. The van der Waals surface area contributed by atoms with Crippen LogP contribution in [-0.4, -0.2) is 29.2 Å². The number of sulfonamides is 1. The summed E-state index contributed by atoms with van der Waals surface area (Å²) in [5.41, 5.74) is 0.828. The highest BCUT2D eigenvalue weighted by molar-refractivity contribution is 7.89. The second-order valence-electron chi connectivity index (χ2n) is 5.36. The van der Waals surface area contributed by atoms with Crippen molar-refractivity contribution in [2.75, 3.05) is 20.8 Å². The first-order valence-electron chi connectivity index (χ1n) is 7.88. The molecule has 1 N–H and O–H groups in total. The van der Waals surface area contributed by atoms with Crippen LogP contribution in [0.2, 0.25) is 0 Å². The molecule has 0 aliphatic rings. The SMILES string of the molecule is CCOc1ccc(C(C)NS(=O)(=O)c2cc(OC)ccc2OC)cc1. The lowest BCUT2D eigenvalue weighted by atomic mass is 10.1. The van der Waals surface area contributed by atoms with Crippen molar-refractivity contribution < 1.29 is 22.6 Å². The van der Waals surface area contributed by atoms with Crippen molar-refractivity contribution in [2.45, 2.75) is 24.8 Å². The quantitative estimate of drug-likeness (QED) is 0.778. The fraction of sp³-hybridized carbons (Fsp3) is 0.333. The molecule has 0 heterocycles. The Balaban J connectivity index is 2.25. The highest BCUT2D eigenvalue weighted by Gasteiger charge is 2.23. The molecule has 0 saturated carbocycles. The van der Waals surface area contributed by atoms with Crippen LogP contribution in [0.4, 0.5) is 0 Å². The molecule has 0 aliphatic carbocycles. The first-order valence-corrected chi connectivity index (χ1v) is 9.36. The highest BCUT2D eigenvalue weighted by atomic mass is 32.2. The van der Waals surface area contributed by atoms with E-state index in [0.717, 1.165) is 11.3 Å². The average molecular weight is 365 g/mol. The summed E-state index contributed by atoms with van der Waals surface area (Å²) in [5.74, 6) is 1.44. The minimum atomic E-state index is -3.79. The Morgan fingerprint density at radius 2 is 1.64 bits per heavy atom. The van der Waals surface area contributed by atoms with E-state index in [1.807, 2.05) is 31.2 Å². The van der Waals surface area contributed by atoms with Crippen molar-refractivity contribution in [3.63, 3.8) is 0 Å². The zero-order chi connectivity index (χ0) is 18.4. The molecule has 0 saturated heterocycles. The summed E-state index contributed by atoms with van der Waals surface area (Å²) in [5, 5.41) is 0. The maximum atomic E-state index is 12.8. The van der Waals surface area contributed by atoms with Crippen molar-refractivity contribution >= 4 is 10.0 Å². The Hall–Kier alpha value is -2.25. The summed E-state index contributed by atoms with van der Waals surface area (Å²) in [6, 6.07) is 11.5. The topological polar surface area (TPSA) is 73.9 Å². The smallest absolute Gasteiger partial charge is 0.244 e. The minimum absolute atomic E-state index is 0.0344. The van der Waals surface area contributed by atoms with E-state index in [1.54, 1.807) is 19.1 Å². The fourth-order valence-electron chi connectivity index (χ4n) is 2.38. The lowest BCUT2D eigenvalue weighted by molar-refractivity contribution is 0.340. The van der Waals surface area contributed by atoms with Crippen molar-refractivity contribution in [3.05, 3.63) is 48.0 Å². The van der Waals surface area contributed by atoms with Crippen molar-refractivity contribution in [1.82, 2.24) is 4.72 Å².